The van der Waals surface area contributed by atoms with Gasteiger partial charge in [0.15, 0.2) is 6.10 Å². The Morgan fingerprint density at radius 2 is 1.02 bits per heavy atom. The molecule has 0 heterocycles. The lowest BCUT2D eigenvalue weighted by Crippen LogP contribution is -2.64. The predicted octanol–water partition coefficient (Wildman–Crippen LogP) is 7.67. The van der Waals surface area contributed by atoms with Crippen LogP contribution in [0.15, 0.2) is 60.8 Å². The molecule has 16 heteroatoms. The zero-order valence-electron chi connectivity index (χ0n) is 39.2. The van der Waals surface area contributed by atoms with Crippen LogP contribution in [0.25, 0.3) is 0 Å². The molecular weight excluding hydrogens is 859 g/mol. The van der Waals surface area contributed by atoms with E-state index >= 15 is 0 Å². The Hall–Kier alpha value is -2.53. The summed E-state index contributed by atoms with van der Waals surface area (Å²) < 4.78 is 33.4. The monoisotopic (exact) mass is 945 g/mol. The van der Waals surface area contributed by atoms with Crippen LogP contribution in [-0.2, 0) is 32.7 Å². The van der Waals surface area contributed by atoms with Gasteiger partial charge < -0.3 is 50.1 Å². The van der Waals surface area contributed by atoms with Crippen LogP contribution >= 0.6 is 7.82 Å². The third-order valence-electron chi connectivity index (χ3n) is 11.0. The number of phosphoric acid groups is 1. The number of hydrogen-bond donors (Lipinski definition) is 8. The lowest BCUT2D eigenvalue weighted by molar-refractivity contribution is -0.220. The van der Waals surface area contributed by atoms with Crippen LogP contribution in [0.1, 0.15) is 168 Å². The number of phosphoric ester groups is 1. The average molecular weight is 945 g/mol. The molecule has 0 aromatic rings. The van der Waals surface area contributed by atoms with Gasteiger partial charge in [0.1, 0.15) is 43.2 Å². The van der Waals surface area contributed by atoms with Crippen LogP contribution in [0.2, 0.25) is 0 Å². The van der Waals surface area contributed by atoms with E-state index < -0.39 is 87.9 Å². The van der Waals surface area contributed by atoms with Gasteiger partial charge in [0, 0.05) is 12.8 Å². The van der Waals surface area contributed by atoms with Gasteiger partial charge in [0.2, 0.25) is 0 Å². The number of allylic oxidation sites excluding steroid dienone is 7. The van der Waals surface area contributed by atoms with Crippen molar-refractivity contribution in [3.63, 3.8) is 0 Å². The Labute approximate surface area is 388 Å². The van der Waals surface area contributed by atoms with E-state index in [0.717, 1.165) is 64.2 Å². The fourth-order valence-electron chi connectivity index (χ4n) is 7.00. The quantitative estimate of drug-likeness (QED) is 0.00968. The number of ether oxygens (including phenoxy) is 2. The van der Waals surface area contributed by atoms with Crippen LogP contribution in [-0.4, -0.2) is 121 Å². The molecule has 1 aliphatic rings. The fourth-order valence-corrected chi connectivity index (χ4v) is 7.98. The molecule has 65 heavy (non-hydrogen) atoms. The van der Waals surface area contributed by atoms with E-state index in [9.17, 15) is 54.8 Å². The third-order valence-corrected chi connectivity index (χ3v) is 12.0. The maximum absolute atomic E-state index is 12.8. The van der Waals surface area contributed by atoms with E-state index in [-0.39, 0.29) is 25.7 Å². The van der Waals surface area contributed by atoms with E-state index in [4.69, 9.17) is 18.5 Å². The van der Waals surface area contributed by atoms with E-state index in [1.165, 1.54) is 51.4 Å². The first kappa shape index (κ1) is 60.5. The number of aliphatic hydroxyl groups is 7. The minimum Gasteiger partial charge on any atom is -0.462 e. The first-order valence-electron chi connectivity index (χ1n) is 24.3. The molecule has 15 nitrogen and oxygen atoms in total. The highest BCUT2D eigenvalue weighted by Crippen LogP contribution is 2.47. The molecule has 0 amide bonds. The van der Waals surface area contributed by atoms with Crippen molar-refractivity contribution < 1.29 is 73.3 Å². The van der Waals surface area contributed by atoms with Crippen LogP contribution in [0.4, 0.5) is 0 Å². The molecule has 8 N–H and O–H groups in total. The molecule has 0 spiro atoms. The average Bonchev–Trinajstić information content (AvgIpc) is 3.28. The smallest absolute Gasteiger partial charge is 0.462 e. The lowest BCUT2D eigenvalue weighted by atomic mass is 9.85. The SMILES string of the molecule is CCCCC/C=C\C[C@@H](O)/C=C/C=C/C=C\[C@@H](O)CCCC(=O)OC[C@H](COP(=O)(O)OC1[C@H](O)[C@H](O)C(O)[C@H](O)[C@H]1O)OC(=O)CCCCCCCCC/C=C\CCCCCCCC. The van der Waals surface area contributed by atoms with Crippen molar-refractivity contribution in [2.75, 3.05) is 13.2 Å². The molecule has 3 unspecified atom stereocenters. The summed E-state index contributed by atoms with van der Waals surface area (Å²) in [6.07, 6.45) is 26.0. The van der Waals surface area contributed by atoms with Crippen molar-refractivity contribution in [2.24, 2.45) is 0 Å². The first-order chi connectivity index (χ1) is 31.2. The zero-order chi connectivity index (χ0) is 48.1. The molecule has 0 radical (unpaired) electrons. The summed E-state index contributed by atoms with van der Waals surface area (Å²) in [5, 5.41) is 70.5. The topological polar surface area (TPSA) is 250 Å². The Morgan fingerprint density at radius 3 is 1.60 bits per heavy atom. The second-order valence-electron chi connectivity index (χ2n) is 17.0. The highest BCUT2D eigenvalue weighted by atomic mass is 31.2. The normalized spacial score (nSPS) is 22.9. The largest absolute Gasteiger partial charge is 0.472 e. The summed E-state index contributed by atoms with van der Waals surface area (Å²) >= 11 is 0. The van der Waals surface area contributed by atoms with Crippen molar-refractivity contribution >= 4 is 19.8 Å². The van der Waals surface area contributed by atoms with Gasteiger partial charge in [0.25, 0.3) is 0 Å². The number of esters is 2. The molecular formula is C49H85O15P. The molecule has 1 aliphatic carbocycles. The van der Waals surface area contributed by atoms with Gasteiger partial charge in [-0.15, -0.1) is 0 Å². The standard InChI is InChI=1S/C49H85O15P/c1-3-5-7-9-11-12-13-14-15-16-17-18-19-20-21-23-29-35-43(53)63-41(38-62-65(59,60)64-49-47(57)45(55)44(54)46(56)48(49)58)37-61-42(52)36-30-34-40(51)33-28-25-24-27-32-39(50)31-26-22-10-8-6-4-2/h14-15,22,24-28,32-33,39-41,44-51,54-58H,3-13,16-21,23,29-31,34-38H2,1-2H3,(H,59,60)/b15-14-,25-24+,26-22-,32-27+,33-28-/t39-,40-,41-,44?,45-,46+,47-,48-,49?/m1/s1. The van der Waals surface area contributed by atoms with Gasteiger partial charge in [-0.2, -0.15) is 0 Å². The molecule has 10 atom stereocenters. The van der Waals surface area contributed by atoms with Gasteiger partial charge in [-0.05, 0) is 64.2 Å². The van der Waals surface area contributed by atoms with Crippen LogP contribution in [0.3, 0.4) is 0 Å². The summed E-state index contributed by atoms with van der Waals surface area (Å²) in [5.74, 6) is -1.35. The van der Waals surface area contributed by atoms with Gasteiger partial charge >= 0.3 is 19.8 Å². The van der Waals surface area contributed by atoms with E-state index in [1.54, 1.807) is 36.5 Å². The molecule has 1 rings (SSSR count). The van der Waals surface area contributed by atoms with Crippen LogP contribution in [0, 0.1) is 0 Å². The first-order valence-corrected chi connectivity index (χ1v) is 25.8. The van der Waals surface area contributed by atoms with Gasteiger partial charge in [-0.1, -0.05) is 152 Å². The summed E-state index contributed by atoms with van der Waals surface area (Å²) in [7, 11) is -5.18. The van der Waals surface area contributed by atoms with Gasteiger partial charge in [-0.25, -0.2) is 4.57 Å². The number of hydrogen-bond acceptors (Lipinski definition) is 14. The fraction of sp³-hybridized carbons (Fsp3) is 0.755. The molecule has 0 saturated heterocycles. The second-order valence-corrected chi connectivity index (χ2v) is 18.4. The Kier molecular flexibility index (Phi) is 35.8. The van der Waals surface area contributed by atoms with Crippen LogP contribution in [0.5, 0.6) is 0 Å². The minimum atomic E-state index is -5.18. The number of carbonyl (C=O) groups excluding carboxylic acids is 2. The van der Waals surface area contributed by atoms with Crippen molar-refractivity contribution in [3.05, 3.63) is 60.8 Å². The summed E-state index contributed by atoms with van der Waals surface area (Å²) in [6, 6.07) is 0. The number of carbonyl (C=O) groups is 2. The molecule has 376 valence electrons. The minimum absolute atomic E-state index is 0.0371. The zero-order valence-corrected chi connectivity index (χ0v) is 40.1. The van der Waals surface area contributed by atoms with Crippen molar-refractivity contribution in [2.45, 2.75) is 223 Å². The van der Waals surface area contributed by atoms with Crippen molar-refractivity contribution in [3.8, 4) is 0 Å². The third kappa shape index (κ3) is 31.2. The van der Waals surface area contributed by atoms with Crippen LogP contribution < -0.4 is 0 Å². The highest BCUT2D eigenvalue weighted by molar-refractivity contribution is 7.47. The summed E-state index contributed by atoms with van der Waals surface area (Å²) in [5.41, 5.74) is 0. The molecule has 0 aromatic heterocycles. The van der Waals surface area contributed by atoms with Gasteiger partial charge in [0.05, 0.1) is 18.8 Å². The molecule has 1 fully saturated rings. The van der Waals surface area contributed by atoms with E-state index in [1.807, 2.05) is 6.08 Å². The number of unbranched alkanes of at least 4 members (excludes halogenated alkanes) is 16. The lowest BCUT2D eigenvalue weighted by Gasteiger charge is -2.41. The maximum Gasteiger partial charge on any atom is 0.472 e. The molecule has 0 aromatic carbocycles. The van der Waals surface area contributed by atoms with E-state index in [2.05, 4.69) is 32.1 Å². The summed E-state index contributed by atoms with van der Waals surface area (Å²) in [4.78, 5) is 35.8. The van der Waals surface area contributed by atoms with E-state index in [0.29, 0.717) is 12.8 Å². The summed E-state index contributed by atoms with van der Waals surface area (Å²) in [6.45, 7) is 3.02. The van der Waals surface area contributed by atoms with Crippen molar-refractivity contribution in [1.29, 1.82) is 0 Å². The number of rotatable bonds is 39. The molecule has 0 aliphatic heterocycles. The Morgan fingerprint density at radius 1 is 0.554 bits per heavy atom. The van der Waals surface area contributed by atoms with Crippen molar-refractivity contribution in [1.82, 2.24) is 0 Å². The van der Waals surface area contributed by atoms with Gasteiger partial charge in [-0.3, -0.25) is 18.6 Å². The molecule has 1 saturated carbocycles. The second kappa shape index (κ2) is 38.4. The molecule has 0 bridgehead atoms. The Balaban J connectivity index is 2.56. The maximum atomic E-state index is 12.8. The Bertz CT molecular complexity index is 1400. The number of aliphatic hydroxyl groups excluding tert-OH is 7. The predicted molar refractivity (Wildman–Crippen MR) is 251 cm³/mol. The highest BCUT2D eigenvalue weighted by Gasteiger charge is 2.51.